The first-order chi connectivity index (χ1) is 15.7. The summed E-state index contributed by atoms with van der Waals surface area (Å²) in [6, 6.07) is 13.5. The van der Waals surface area contributed by atoms with Gasteiger partial charge in [-0.25, -0.2) is 8.42 Å². The summed E-state index contributed by atoms with van der Waals surface area (Å²) in [5, 5.41) is 2.90. The first-order valence-electron chi connectivity index (χ1n) is 11.0. The number of hydrogen-bond acceptors (Lipinski definition) is 5. The highest BCUT2D eigenvalue weighted by molar-refractivity contribution is 7.92. The fourth-order valence-corrected chi connectivity index (χ4v) is 4.27. The van der Waals surface area contributed by atoms with Gasteiger partial charge < -0.3 is 15.0 Å². The van der Waals surface area contributed by atoms with Gasteiger partial charge in [0, 0.05) is 12.1 Å². The normalized spacial score (nSPS) is 12.6. The van der Waals surface area contributed by atoms with E-state index in [9.17, 15) is 18.0 Å². The molecule has 0 saturated carbocycles. The van der Waals surface area contributed by atoms with Crippen LogP contribution in [0.4, 0.5) is 5.69 Å². The molecule has 2 rings (SSSR count). The third kappa shape index (κ3) is 7.48. The zero-order valence-electron chi connectivity index (χ0n) is 21.0. The van der Waals surface area contributed by atoms with Crippen LogP contribution in [0.3, 0.4) is 0 Å². The molecule has 0 fully saturated rings. The van der Waals surface area contributed by atoms with Crippen LogP contribution in [0.2, 0.25) is 0 Å². The minimum absolute atomic E-state index is 0.154. The molecule has 0 aliphatic heterocycles. The van der Waals surface area contributed by atoms with E-state index in [0.29, 0.717) is 5.75 Å². The van der Waals surface area contributed by atoms with E-state index in [-0.39, 0.29) is 18.1 Å². The molecule has 0 bridgehead atoms. The third-order valence-electron chi connectivity index (χ3n) is 5.14. The Balaban J connectivity index is 2.45. The SMILES string of the molecule is COc1ccc(C)cc1N(CC(=O)N(Cc1ccccc1)[C@H](C)C(=O)NC(C)(C)C)S(C)(=O)=O. The van der Waals surface area contributed by atoms with Crippen LogP contribution in [0.25, 0.3) is 0 Å². The molecular weight excluding hydrogens is 454 g/mol. The van der Waals surface area contributed by atoms with Crippen molar-refractivity contribution in [1.29, 1.82) is 0 Å². The maximum atomic E-state index is 13.6. The predicted molar refractivity (Wildman–Crippen MR) is 134 cm³/mol. The number of carbonyl (C=O) groups is 2. The van der Waals surface area contributed by atoms with Crippen LogP contribution in [0.5, 0.6) is 5.75 Å². The maximum Gasteiger partial charge on any atom is 0.244 e. The third-order valence-corrected chi connectivity index (χ3v) is 6.27. The molecule has 0 unspecified atom stereocenters. The van der Waals surface area contributed by atoms with E-state index in [1.54, 1.807) is 25.1 Å². The van der Waals surface area contributed by atoms with Gasteiger partial charge in [0.2, 0.25) is 21.8 Å². The van der Waals surface area contributed by atoms with Crippen LogP contribution in [-0.2, 0) is 26.2 Å². The van der Waals surface area contributed by atoms with Gasteiger partial charge in [0.05, 0.1) is 19.1 Å². The average molecular weight is 490 g/mol. The van der Waals surface area contributed by atoms with Crippen LogP contribution < -0.4 is 14.4 Å². The summed E-state index contributed by atoms with van der Waals surface area (Å²) in [6.45, 7) is 8.72. The number of nitrogens with one attached hydrogen (secondary N) is 1. The zero-order chi connectivity index (χ0) is 25.7. The maximum absolute atomic E-state index is 13.6. The highest BCUT2D eigenvalue weighted by atomic mass is 32.2. The Kier molecular flexibility index (Phi) is 8.72. The van der Waals surface area contributed by atoms with Crippen molar-refractivity contribution < 1.29 is 22.7 Å². The van der Waals surface area contributed by atoms with Gasteiger partial charge in [-0.2, -0.15) is 0 Å². The first-order valence-corrected chi connectivity index (χ1v) is 12.9. The number of anilines is 1. The van der Waals surface area contributed by atoms with E-state index < -0.39 is 34.1 Å². The van der Waals surface area contributed by atoms with Crippen molar-refractivity contribution in [1.82, 2.24) is 10.2 Å². The zero-order valence-corrected chi connectivity index (χ0v) is 21.8. The van der Waals surface area contributed by atoms with Crippen molar-refractivity contribution >= 4 is 27.5 Å². The second-order valence-corrected chi connectivity index (χ2v) is 11.3. The van der Waals surface area contributed by atoms with Gasteiger partial charge in [0.25, 0.3) is 0 Å². The second kappa shape index (κ2) is 10.9. The van der Waals surface area contributed by atoms with E-state index in [1.165, 1.54) is 12.0 Å². The highest BCUT2D eigenvalue weighted by Gasteiger charge is 2.32. The molecule has 0 saturated heterocycles. The van der Waals surface area contributed by atoms with E-state index >= 15 is 0 Å². The fourth-order valence-electron chi connectivity index (χ4n) is 3.43. The van der Waals surface area contributed by atoms with Crippen molar-refractivity contribution in [2.24, 2.45) is 0 Å². The number of rotatable bonds is 9. The van der Waals surface area contributed by atoms with Gasteiger partial charge in [0.1, 0.15) is 18.3 Å². The molecule has 8 nitrogen and oxygen atoms in total. The molecule has 186 valence electrons. The molecule has 2 aromatic rings. The van der Waals surface area contributed by atoms with Crippen molar-refractivity contribution in [3.05, 3.63) is 59.7 Å². The number of nitrogens with zero attached hydrogens (tertiary/aromatic N) is 2. The van der Waals surface area contributed by atoms with Gasteiger partial charge in [0.15, 0.2) is 0 Å². The Hall–Kier alpha value is -3.07. The summed E-state index contributed by atoms with van der Waals surface area (Å²) in [7, 11) is -2.40. The molecule has 1 atom stereocenters. The Morgan fingerprint density at radius 2 is 1.71 bits per heavy atom. The van der Waals surface area contributed by atoms with Gasteiger partial charge in [-0.3, -0.25) is 13.9 Å². The molecule has 34 heavy (non-hydrogen) atoms. The van der Waals surface area contributed by atoms with Crippen LogP contribution in [0.15, 0.2) is 48.5 Å². The topological polar surface area (TPSA) is 96.0 Å². The summed E-state index contributed by atoms with van der Waals surface area (Å²) in [5.74, 6) is -0.498. The van der Waals surface area contributed by atoms with E-state index in [4.69, 9.17) is 4.74 Å². The van der Waals surface area contributed by atoms with Crippen molar-refractivity contribution in [2.75, 3.05) is 24.2 Å². The Bertz CT molecular complexity index is 1110. The average Bonchev–Trinajstić information content (AvgIpc) is 2.74. The lowest BCUT2D eigenvalue weighted by molar-refractivity contribution is -0.140. The molecule has 0 heterocycles. The molecule has 0 radical (unpaired) electrons. The number of methoxy groups -OCH3 is 1. The number of benzene rings is 2. The number of carbonyl (C=O) groups excluding carboxylic acids is 2. The second-order valence-electron chi connectivity index (χ2n) is 9.37. The monoisotopic (exact) mass is 489 g/mol. The summed E-state index contributed by atoms with van der Waals surface area (Å²) in [5.41, 5.74) is 1.42. The first kappa shape index (κ1) is 27.2. The van der Waals surface area contributed by atoms with Gasteiger partial charge in [-0.05, 0) is 57.9 Å². The Morgan fingerprint density at radius 1 is 1.09 bits per heavy atom. The van der Waals surface area contributed by atoms with Gasteiger partial charge in [-0.15, -0.1) is 0 Å². The highest BCUT2D eigenvalue weighted by Crippen LogP contribution is 2.31. The number of aryl methyl sites for hydroxylation is 1. The number of amides is 2. The van der Waals surface area contributed by atoms with E-state index in [1.807, 2.05) is 58.0 Å². The summed E-state index contributed by atoms with van der Waals surface area (Å²) < 4.78 is 31.9. The molecule has 0 aromatic heterocycles. The number of ether oxygens (including phenoxy) is 1. The molecule has 0 aliphatic carbocycles. The van der Waals surface area contributed by atoms with Crippen molar-refractivity contribution in [2.45, 2.75) is 52.7 Å². The van der Waals surface area contributed by atoms with Crippen molar-refractivity contribution in [3.8, 4) is 5.75 Å². The Morgan fingerprint density at radius 3 is 2.24 bits per heavy atom. The fraction of sp³-hybridized carbons (Fsp3) is 0.440. The van der Waals surface area contributed by atoms with Crippen LogP contribution in [-0.4, -0.2) is 56.6 Å². The van der Waals surface area contributed by atoms with Crippen LogP contribution in [0.1, 0.15) is 38.8 Å². The smallest absolute Gasteiger partial charge is 0.244 e. The molecule has 2 amide bonds. The molecule has 9 heteroatoms. The van der Waals surface area contributed by atoms with E-state index in [0.717, 1.165) is 21.7 Å². The van der Waals surface area contributed by atoms with E-state index in [2.05, 4.69) is 5.32 Å². The molecule has 0 spiro atoms. The minimum Gasteiger partial charge on any atom is -0.495 e. The molecule has 0 aliphatic rings. The summed E-state index contributed by atoms with van der Waals surface area (Å²) in [6.07, 6.45) is 1.04. The summed E-state index contributed by atoms with van der Waals surface area (Å²) >= 11 is 0. The quantitative estimate of drug-likeness (QED) is 0.584. The standard InChI is InChI=1S/C25H35N3O5S/c1-18-13-14-22(33-6)21(15-18)28(34(7,31)32)17-23(29)27(16-20-11-9-8-10-12-20)19(2)24(30)26-25(3,4)5/h8-15,19H,16-17H2,1-7H3,(H,26,30)/t19-/m1/s1. The Labute approximate surface area is 202 Å². The molecular formula is C25H35N3O5S. The lowest BCUT2D eigenvalue weighted by Crippen LogP contribution is -2.54. The van der Waals surface area contributed by atoms with Crippen molar-refractivity contribution in [3.63, 3.8) is 0 Å². The van der Waals surface area contributed by atoms with Crippen LogP contribution in [0, 0.1) is 6.92 Å². The van der Waals surface area contributed by atoms with Crippen LogP contribution >= 0.6 is 0 Å². The molecule has 1 N–H and O–H groups in total. The lowest BCUT2D eigenvalue weighted by Gasteiger charge is -2.33. The number of sulfonamides is 1. The largest absolute Gasteiger partial charge is 0.495 e. The van der Waals surface area contributed by atoms with Gasteiger partial charge >= 0.3 is 0 Å². The summed E-state index contributed by atoms with van der Waals surface area (Å²) in [4.78, 5) is 27.9. The minimum atomic E-state index is -3.84. The number of hydrogen-bond donors (Lipinski definition) is 1. The van der Waals surface area contributed by atoms with Gasteiger partial charge in [-0.1, -0.05) is 36.4 Å². The lowest BCUT2D eigenvalue weighted by atomic mass is 10.1. The predicted octanol–water partition coefficient (Wildman–Crippen LogP) is 3.10. The molecule has 2 aromatic carbocycles.